The Morgan fingerprint density at radius 1 is 0.467 bits per heavy atom. The van der Waals surface area contributed by atoms with Crippen LogP contribution in [0.25, 0.3) is 0 Å². The molecule has 0 spiro atoms. The van der Waals surface area contributed by atoms with Crippen LogP contribution in [0.5, 0.6) is 11.5 Å². The van der Waals surface area contributed by atoms with Crippen molar-refractivity contribution in [1.29, 1.82) is 0 Å². The van der Waals surface area contributed by atoms with Crippen LogP contribution < -0.4 is 9.47 Å². The fourth-order valence-electron chi connectivity index (χ4n) is 5.61. The van der Waals surface area contributed by atoms with Gasteiger partial charge in [0.1, 0.15) is 29.8 Å². The van der Waals surface area contributed by atoms with Gasteiger partial charge in [-0.15, -0.1) is 0 Å². The summed E-state index contributed by atoms with van der Waals surface area (Å²) in [6, 6.07) is 34.8. The molecule has 1 saturated carbocycles. The van der Waals surface area contributed by atoms with E-state index in [1.54, 1.807) is 14.2 Å². The summed E-state index contributed by atoms with van der Waals surface area (Å²) in [5.41, 5.74) is 3.78. The summed E-state index contributed by atoms with van der Waals surface area (Å²) in [7, 11) is 3.25. The first kappa shape index (κ1) is 32.6. The predicted molar refractivity (Wildman–Crippen MR) is 170 cm³/mol. The maximum atomic E-state index is 11.8. The summed E-state index contributed by atoms with van der Waals surface area (Å²) < 4.78 is 36.7. The van der Waals surface area contributed by atoms with Crippen LogP contribution in [0.15, 0.2) is 109 Å². The molecule has 1 fully saturated rings. The van der Waals surface area contributed by atoms with Crippen LogP contribution >= 0.6 is 0 Å². The van der Waals surface area contributed by atoms with Gasteiger partial charge in [-0.25, -0.2) is 0 Å². The van der Waals surface area contributed by atoms with Crippen molar-refractivity contribution >= 4 is 0 Å². The molecule has 4 aromatic rings. The molecule has 2 N–H and O–H groups in total. The number of aliphatic hydroxyl groups excluding tert-OH is 2. The van der Waals surface area contributed by atoms with Gasteiger partial charge in [-0.05, 0) is 46.5 Å². The quantitative estimate of drug-likeness (QED) is 0.186. The van der Waals surface area contributed by atoms with E-state index in [2.05, 4.69) is 0 Å². The number of benzene rings is 4. The van der Waals surface area contributed by atoms with Crippen LogP contribution in [-0.4, -0.2) is 61.6 Å². The maximum Gasteiger partial charge on any atom is 0.118 e. The molecule has 1 aliphatic rings. The molecule has 238 valence electrons. The minimum Gasteiger partial charge on any atom is -0.497 e. The molecule has 0 radical (unpaired) electrons. The Morgan fingerprint density at radius 2 is 0.822 bits per heavy atom. The average Bonchev–Trinajstić information content (AvgIpc) is 3.10. The van der Waals surface area contributed by atoms with E-state index in [4.69, 9.17) is 28.4 Å². The van der Waals surface area contributed by atoms with Gasteiger partial charge in [-0.2, -0.15) is 0 Å². The third kappa shape index (κ3) is 8.70. The van der Waals surface area contributed by atoms with Crippen molar-refractivity contribution in [3.05, 3.63) is 131 Å². The van der Waals surface area contributed by atoms with Crippen molar-refractivity contribution in [2.24, 2.45) is 5.92 Å². The smallest absolute Gasteiger partial charge is 0.118 e. The van der Waals surface area contributed by atoms with Crippen LogP contribution in [0, 0.1) is 5.92 Å². The second-order valence-electron chi connectivity index (χ2n) is 11.1. The van der Waals surface area contributed by atoms with Crippen molar-refractivity contribution in [3.8, 4) is 11.5 Å². The zero-order valence-electron chi connectivity index (χ0n) is 25.7. The van der Waals surface area contributed by atoms with Gasteiger partial charge in [0.05, 0.1) is 59.5 Å². The van der Waals surface area contributed by atoms with E-state index in [1.807, 2.05) is 109 Å². The lowest BCUT2D eigenvalue weighted by Gasteiger charge is -2.48. The number of hydrogen-bond donors (Lipinski definition) is 2. The van der Waals surface area contributed by atoms with Crippen LogP contribution in [0.3, 0.4) is 0 Å². The Morgan fingerprint density at radius 3 is 1.22 bits per heavy atom. The van der Waals surface area contributed by atoms with Gasteiger partial charge in [-0.1, -0.05) is 84.9 Å². The van der Waals surface area contributed by atoms with Crippen LogP contribution in [-0.2, 0) is 45.4 Å². The van der Waals surface area contributed by atoms with Crippen molar-refractivity contribution in [2.45, 2.75) is 56.9 Å². The van der Waals surface area contributed by atoms with E-state index < -0.39 is 36.4 Å². The van der Waals surface area contributed by atoms with Gasteiger partial charge in [-0.3, -0.25) is 0 Å². The highest BCUT2D eigenvalue weighted by molar-refractivity contribution is 5.27. The third-order valence-electron chi connectivity index (χ3n) is 8.15. The molecule has 8 nitrogen and oxygen atoms in total. The molecule has 0 aliphatic heterocycles. The fourth-order valence-corrected chi connectivity index (χ4v) is 5.61. The molecular weight excluding hydrogens is 572 g/mol. The highest BCUT2D eigenvalue weighted by Gasteiger charge is 2.53. The minimum absolute atomic E-state index is 0.218. The molecule has 5 rings (SSSR count). The summed E-state index contributed by atoms with van der Waals surface area (Å²) in [5.74, 6) is 0.804. The van der Waals surface area contributed by atoms with Gasteiger partial charge in [0.15, 0.2) is 0 Å². The maximum absolute atomic E-state index is 11.8. The Labute approximate surface area is 265 Å². The molecule has 0 aromatic heterocycles. The number of methoxy groups -OCH3 is 2. The fraction of sp³-hybridized carbons (Fsp3) is 0.351. The Kier molecular flexibility index (Phi) is 12.0. The van der Waals surface area contributed by atoms with Crippen LogP contribution in [0.4, 0.5) is 0 Å². The summed E-state index contributed by atoms with van der Waals surface area (Å²) >= 11 is 0. The third-order valence-corrected chi connectivity index (χ3v) is 8.15. The van der Waals surface area contributed by atoms with Crippen LogP contribution in [0.2, 0.25) is 0 Å². The molecule has 0 heterocycles. The van der Waals surface area contributed by atoms with E-state index in [1.165, 1.54) is 0 Å². The molecule has 0 amide bonds. The van der Waals surface area contributed by atoms with Crippen molar-refractivity contribution in [3.63, 3.8) is 0 Å². The second-order valence-corrected chi connectivity index (χ2v) is 11.1. The molecule has 6 atom stereocenters. The monoisotopic (exact) mass is 614 g/mol. The topological polar surface area (TPSA) is 95.8 Å². The lowest BCUT2D eigenvalue weighted by atomic mass is 9.78. The van der Waals surface area contributed by atoms with E-state index in [0.717, 1.165) is 33.8 Å². The van der Waals surface area contributed by atoms with Crippen molar-refractivity contribution in [1.82, 2.24) is 0 Å². The van der Waals surface area contributed by atoms with Gasteiger partial charge < -0.3 is 38.6 Å². The predicted octanol–water partition coefficient (Wildman–Crippen LogP) is 5.33. The first-order chi connectivity index (χ1) is 22.1. The van der Waals surface area contributed by atoms with Crippen LogP contribution in [0.1, 0.15) is 22.3 Å². The standard InChI is InChI=1S/C37H42O8/c1-40-30-17-13-28(14-18-30)24-43-35-33(39)32(21-38)34(42-22-26-9-5-3-6-10-26)36(37(35)45-23-27-11-7-4-8-12-27)44-25-29-15-19-31(41-2)20-16-29/h3-20,32-39H,21-25H2,1-2H3/t32-,33-,34+,35+,36-,37-/m1/s1. The highest BCUT2D eigenvalue weighted by Crippen LogP contribution is 2.36. The normalized spacial score (nSPS) is 23.0. The Bertz CT molecular complexity index is 1400. The average molecular weight is 615 g/mol. The van der Waals surface area contributed by atoms with Gasteiger partial charge in [0.2, 0.25) is 0 Å². The Balaban J connectivity index is 1.45. The van der Waals surface area contributed by atoms with Gasteiger partial charge in [0.25, 0.3) is 0 Å². The number of aliphatic hydroxyl groups is 2. The second kappa shape index (κ2) is 16.5. The summed E-state index contributed by atoms with van der Waals surface area (Å²) in [5, 5.41) is 22.4. The number of rotatable bonds is 15. The summed E-state index contributed by atoms with van der Waals surface area (Å²) in [6.07, 6.45) is -3.99. The SMILES string of the molecule is COc1ccc(CO[C@H]2[C@H](OCc3ccccc3)[C@@H](OCc3ccc(OC)cc3)[C@H](O)[C@@H](CO)[C@@H]2OCc2ccccc2)cc1. The van der Waals surface area contributed by atoms with Crippen molar-refractivity contribution in [2.75, 3.05) is 20.8 Å². The number of ether oxygens (including phenoxy) is 6. The van der Waals surface area contributed by atoms with E-state index in [0.29, 0.717) is 0 Å². The molecule has 0 saturated heterocycles. The summed E-state index contributed by atoms with van der Waals surface area (Å²) in [4.78, 5) is 0. The molecule has 45 heavy (non-hydrogen) atoms. The highest BCUT2D eigenvalue weighted by atomic mass is 16.6. The first-order valence-corrected chi connectivity index (χ1v) is 15.2. The van der Waals surface area contributed by atoms with E-state index >= 15 is 0 Å². The molecule has 4 aromatic carbocycles. The largest absolute Gasteiger partial charge is 0.497 e. The molecule has 1 aliphatic carbocycles. The van der Waals surface area contributed by atoms with E-state index in [-0.39, 0.29) is 33.0 Å². The molecule has 8 heteroatoms. The molecule has 0 bridgehead atoms. The number of hydrogen-bond acceptors (Lipinski definition) is 8. The molecule has 0 unspecified atom stereocenters. The Hall–Kier alpha value is -3.76. The van der Waals surface area contributed by atoms with Gasteiger partial charge in [0, 0.05) is 5.92 Å². The van der Waals surface area contributed by atoms with Crippen molar-refractivity contribution < 1.29 is 38.6 Å². The van der Waals surface area contributed by atoms with E-state index in [9.17, 15) is 10.2 Å². The van der Waals surface area contributed by atoms with Gasteiger partial charge >= 0.3 is 0 Å². The zero-order valence-corrected chi connectivity index (χ0v) is 25.7. The lowest BCUT2D eigenvalue weighted by molar-refractivity contribution is -0.264. The first-order valence-electron chi connectivity index (χ1n) is 15.2. The lowest BCUT2D eigenvalue weighted by Crippen LogP contribution is -2.64. The summed E-state index contributed by atoms with van der Waals surface area (Å²) in [6.45, 7) is 0.704. The minimum atomic E-state index is -1.09. The molecular formula is C37H42O8. The zero-order chi connectivity index (χ0) is 31.4.